The first kappa shape index (κ1) is 15.4. The van der Waals surface area contributed by atoms with Crippen molar-refractivity contribution < 1.29 is 9.53 Å². The van der Waals surface area contributed by atoms with Crippen LogP contribution in [0.25, 0.3) is 0 Å². The van der Waals surface area contributed by atoms with Gasteiger partial charge < -0.3 is 15.8 Å². The zero-order valence-corrected chi connectivity index (χ0v) is 13.0. The molecule has 1 heterocycles. The van der Waals surface area contributed by atoms with Gasteiger partial charge in [-0.2, -0.15) is 0 Å². The van der Waals surface area contributed by atoms with E-state index in [9.17, 15) is 4.79 Å². The number of aromatic nitrogens is 1. The maximum Gasteiger partial charge on any atom is 0.258 e. The quantitative estimate of drug-likeness (QED) is 0.796. The molecule has 0 spiro atoms. The molecule has 0 saturated carbocycles. The molecular weight excluding hydrogens is 306 g/mol. The molecule has 2 aromatic rings. The molecule has 0 aliphatic heterocycles. The predicted octanol–water partition coefficient (Wildman–Crippen LogP) is 2.03. The fraction of sp³-hybridized carbons (Fsp3) is 0.214. The number of thiocarbonyl (C=S) groups is 1. The van der Waals surface area contributed by atoms with Gasteiger partial charge in [-0.15, -0.1) is 11.3 Å². The number of rotatable bonds is 6. The van der Waals surface area contributed by atoms with Gasteiger partial charge in [0.1, 0.15) is 15.7 Å². The van der Waals surface area contributed by atoms with Crippen LogP contribution >= 0.6 is 23.6 Å². The van der Waals surface area contributed by atoms with E-state index in [0.717, 1.165) is 5.01 Å². The van der Waals surface area contributed by atoms with Crippen molar-refractivity contribution in [2.45, 2.75) is 13.0 Å². The Morgan fingerprint density at radius 3 is 2.95 bits per heavy atom. The molecule has 0 radical (unpaired) electrons. The van der Waals surface area contributed by atoms with Crippen LogP contribution in [0.5, 0.6) is 5.75 Å². The predicted molar refractivity (Wildman–Crippen MR) is 86.5 cm³/mol. The number of hydrogen-bond donors (Lipinski definition) is 2. The number of nitrogens with one attached hydrogen (secondary N) is 1. The van der Waals surface area contributed by atoms with Crippen LogP contribution in [0.1, 0.15) is 23.5 Å². The third-order valence-electron chi connectivity index (χ3n) is 2.71. The van der Waals surface area contributed by atoms with Gasteiger partial charge in [-0.25, -0.2) is 4.98 Å². The van der Waals surface area contributed by atoms with Gasteiger partial charge in [0, 0.05) is 11.6 Å². The number of carbonyl (C=O) groups is 1. The van der Waals surface area contributed by atoms with Crippen molar-refractivity contribution in [1.29, 1.82) is 0 Å². The molecule has 1 aromatic heterocycles. The van der Waals surface area contributed by atoms with Gasteiger partial charge in [0.15, 0.2) is 6.61 Å². The molecule has 0 fully saturated rings. The van der Waals surface area contributed by atoms with E-state index in [-0.39, 0.29) is 23.5 Å². The number of para-hydroxylation sites is 1. The van der Waals surface area contributed by atoms with E-state index in [4.69, 9.17) is 22.7 Å². The molecule has 21 heavy (non-hydrogen) atoms. The third-order valence-corrected chi connectivity index (χ3v) is 3.89. The molecule has 2 rings (SSSR count). The van der Waals surface area contributed by atoms with Crippen LogP contribution in [0.2, 0.25) is 0 Å². The average Bonchev–Trinajstić information content (AvgIpc) is 2.99. The summed E-state index contributed by atoms with van der Waals surface area (Å²) in [6.45, 7) is 1.77. The first-order valence-corrected chi connectivity index (χ1v) is 7.57. The van der Waals surface area contributed by atoms with Gasteiger partial charge in [0.05, 0.1) is 11.6 Å². The zero-order chi connectivity index (χ0) is 15.2. The molecule has 1 aromatic carbocycles. The number of hydrogen-bond acceptors (Lipinski definition) is 5. The van der Waals surface area contributed by atoms with Crippen LogP contribution < -0.4 is 15.8 Å². The van der Waals surface area contributed by atoms with Crippen LogP contribution in [0.4, 0.5) is 0 Å². The van der Waals surface area contributed by atoms with Gasteiger partial charge in [-0.1, -0.05) is 24.4 Å². The third kappa shape index (κ3) is 4.24. The average molecular weight is 321 g/mol. The molecule has 1 amide bonds. The monoisotopic (exact) mass is 321 g/mol. The SMILES string of the molecule is CC(NC(=O)COc1ccccc1C(N)=S)c1nccs1. The van der Waals surface area contributed by atoms with E-state index < -0.39 is 0 Å². The minimum atomic E-state index is -0.226. The van der Waals surface area contributed by atoms with Crippen LogP contribution in [0.15, 0.2) is 35.8 Å². The maximum absolute atomic E-state index is 11.9. The molecule has 5 nitrogen and oxygen atoms in total. The lowest BCUT2D eigenvalue weighted by molar-refractivity contribution is -0.123. The Bertz CT molecular complexity index is 629. The van der Waals surface area contributed by atoms with Crippen LogP contribution in [-0.2, 0) is 4.79 Å². The van der Waals surface area contributed by atoms with Crippen LogP contribution in [0, 0.1) is 0 Å². The van der Waals surface area contributed by atoms with E-state index >= 15 is 0 Å². The first-order valence-electron chi connectivity index (χ1n) is 6.28. The highest BCUT2D eigenvalue weighted by molar-refractivity contribution is 7.80. The van der Waals surface area contributed by atoms with E-state index in [1.807, 2.05) is 18.4 Å². The van der Waals surface area contributed by atoms with Crippen LogP contribution in [0.3, 0.4) is 0 Å². The van der Waals surface area contributed by atoms with Gasteiger partial charge in [-0.3, -0.25) is 4.79 Å². The Balaban J connectivity index is 1.91. The van der Waals surface area contributed by atoms with Crippen molar-refractivity contribution in [3.05, 3.63) is 46.4 Å². The lowest BCUT2D eigenvalue weighted by atomic mass is 10.2. The van der Waals surface area contributed by atoms with Crippen molar-refractivity contribution in [3.8, 4) is 5.75 Å². The summed E-state index contributed by atoms with van der Waals surface area (Å²) in [6.07, 6.45) is 1.71. The van der Waals surface area contributed by atoms with Crippen molar-refractivity contribution >= 4 is 34.5 Å². The van der Waals surface area contributed by atoms with Gasteiger partial charge >= 0.3 is 0 Å². The highest BCUT2D eigenvalue weighted by Gasteiger charge is 2.13. The fourth-order valence-electron chi connectivity index (χ4n) is 1.73. The smallest absolute Gasteiger partial charge is 0.258 e. The van der Waals surface area contributed by atoms with Crippen molar-refractivity contribution in [2.75, 3.05) is 6.61 Å². The molecule has 0 aliphatic rings. The van der Waals surface area contributed by atoms with Crippen molar-refractivity contribution in [1.82, 2.24) is 10.3 Å². The number of nitrogens with zero attached hydrogens (tertiary/aromatic N) is 1. The second-order valence-corrected chi connectivity index (χ2v) is 5.67. The molecular formula is C14H15N3O2S2. The van der Waals surface area contributed by atoms with Gasteiger partial charge in [0.2, 0.25) is 0 Å². The molecule has 1 atom stereocenters. The highest BCUT2D eigenvalue weighted by Crippen LogP contribution is 2.18. The number of thiazole rings is 1. The molecule has 1 unspecified atom stereocenters. The second-order valence-electron chi connectivity index (χ2n) is 4.31. The van der Waals surface area contributed by atoms with Gasteiger partial charge in [0.25, 0.3) is 5.91 Å². The number of carbonyl (C=O) groups excluding carboxylic acids is 1. The largest absolute Gasteiger partial charge is 0.483 e. The molecule has 3 N–H and O–H groups in total. The number of amides is 1. The lowest BCUT2D eigenvalue weighted by Crippen LogP contribution is -2.31. The van der Waals surface area contributed by atoms with E-state index in [1.54, 1.807) is 24.4 Å². The molecule has 110 valence electrons. The molecule has 0 bridgehead atoms. The highest BCUT2D eigenvalue weighted by atomic mass is 32.1. The fourth-order valence-corrected chi connectivity index (χ4v) is 2.55. The summed E-state index contributed by atoms with van der Waals surface area (Å²) in [4.78, 5) is 16.3. The zero-order valence-electron chi connectivity index (χ0n) is 11.4. The summed E-state index contributed by atoms with van der Waals surface area (Å²) in [7, 11) is 0. The minimum Gasteiger partial charge on any atom is -0.483 e. The summed E-state index contributed by atoms with van der Waals surface area (Å²) in [5, 5.41) is 5.54. The molecule has 0 aliphatic carbocycles. The van der Waals surface area contributed by atoms with Gasteiger partial charge in [-0.05, 0) is 19.1 Å². The van der Waals surface area contributed by atoms with Crippen molar-refractivity contribution in [2.24, 2.45) is 5.73 Å². The Morgan fingerprint density at radius 1 is 1.52 bits per heavy atom. The minimum absolute atomic E-state index is 0.102. The lowest BCUT2D eigenvalue weighted by Gasteiger charge is -2.13. The summed E-state index contributed by atoms with van der Waals surface area (Å²) in [6, 6.07) is 6.95. The Kier molecular flexibility index (Phi) is 5.24. The number of benzene rings is 1. The van der Waals surface area contributed by atoms with E-state index in [2.05, 4.69) is 10.3 Å². The maximum atomic E-state index is 11.9. The number of nitrogens with two attached hydrogens (primary N) is 1. The Morgan fingerprint density at radius 2 is 2.29 bits per heavy atom. The van der Waals surface area contributed by atoms with Crippen molar-refractivity contribution in [3.63, 3.8) is 0 Å². The number of ether oxygens (including phenoxy) is 1. The first-order chi connectivity index (χ1) is 10.1. The Hall–Kier alpha value is -1.99. The Labute approximate surface area is 132 Å². The summed E-state index contributed by atoms with van der Waals surface area (Å²) in [5.41, 5.74) is 6.23. The molecule has 0 saturated heterocycles. The van der Waals surface area contributed by atoms with Crippen LogP contribution in [-0.4, -0.2) is 22.5 Å². The summed E-state index contributed by atoms with van der Waals surface area (Å²) in [5.74, 6) is 0.275. The normalized spacial score (nSPS) is 11.7. The second kappa shape index (κ2) is 7.14. The standard InChI is InChI=1S/C14H15N3O2S2/c1-9(14-16-6-7-21-14)17-12(18)8-19-11-5-3-2-4-10(11)13(15)20/h2-7,9H,8H2,1H3,(H2,15,20)(H,17,18). The summed E-state index contributed by atoms with van der Waals surface area (Å²) >= 11 is 6.44. The molecule has 7 heteroatoms. The van der Waals surface area contributed by atoms with E-state index in [1.165, 1.54) is 11.3 Å². The topological polar surface area (TPSA) is 77.2 Å². The van der Waals surface area contributed by atoms with E-state index in [0.29, 0.717) is 11.3 Å². The summed E-state index contributed by atoms with van der Waals surface area (Å²) < 4.78 is 5.48.